The third kappa shape index (κ3) is 2.87. The first-order chi connectivity index (χ1) is 12.6. The number of sulfone groups is 1. The van der Waals surface area contributed by atoms with Gasteiger partial charge in [0.15, 0.2) is 15.5 Å². The van der Waals surface area contributed by atoms with Crippen LogP contribution in [0.1, 0.15) is 5.56 Å². The summed E-state index contributed by atoms with van der Waals surface area (Å²) < 4.78 is 65.6. The van der Waals surface area contributed by atoms with E-state index in [-0.39, 0.29) is 4.90 Å². The van der Waals surface area contributed by atoms with E-state index < -0.39 is 21.6 Å². The molecule has 0 bridgehead atoms. The smallest absolute Gasteiger partial charge is 0.292 e. The number of hydrogen-bond acceptors (Lipinski definition) is 3. The van der Waals surface area contributed by atoms with Gasteiger partial charge in [0.1, 0.15) is 0 Å². The molecule has 0 aliphatic rings. The second-order valence-electron chi connectivity index (χ2n) is 6.37. The molecule has 27 heavy (non-hydrogen) atoms. The van der Waals surface area contributed by atoms with Crippen molar-refractivity contribution in [2.75, 3.05) is 6.26 Å². The molecular weight excluding hydrogens is 379 g/mol. The summed E-state index contributed by atoms with van der Waals surface area (Å²) in [5, 5.41) is 5.79. The highest BCUT2D eigenvalue weighted by Crippen LogP contribution is 2.34. The summed E-state index contributed by atoms with van der Waals surface area (Å²) in [5.41, 5.74) is 0.978. The number of halogens is 3. The summed E-state index contributed by atoms with van der Waals surface area (Å²) >= 11 is 0. The lowest BCUT2D eigenvalue weighted by Gasteiger charge is -2.10. The highest BCUT2D eigenvalue weighted by molar-refractivity contribution is 7.90. The maximum Gasteiger partial charge on any atom is 0.416 e. The van der Waals surface area contributed by atoms with Crippen LogP contribution in [0, 0.1) is 0 Å². The molecule has 0 spiro atoms. The monoisotopic (exact) mass is 393 g/mol. The van der Waals surface area contributed by atoms with Gasteiger partial charge >= 0.3 is 6.18 Å². The van der Waals surface area contributed by atoms with Crippen LogP contribution in [0.25, 0.3) is 27.6 Å². The number of aryl methyl sites for hydroxylation is 1. The van der Waals surface area contributed by atoms with Crippen LogP contribution in [0.5, 0.6) is 0 Å². The van der Waals surface area contributed by atoms with Gasteiger partial charge in [-0.2, -0.15) is 18.3 Å². The summed E-state index contributed by atoms with van der Waals surface area (Å²) in [6.07, 6.45) is -1.53. The molecule has 9 heteroatoms. The molecule has 0 amide bonds. The van der Waals surface area contributed by atoms with Crippen molar-refractivity contribution in [2.24, 2.45) is 7.05 Å². The molecule has 0 unspecified atom stereocenters. The second-order valence-corrected chi connectivity index (χ2v) is 8.39. The second kappa shape index (κ2) is 5.59. The summed E-state index contributed by atoms with van der Waals surface area (Å²) in [7, 11) is -1.67. The minimum atomic E-state index is -4.41. The number of aromatic nitrogens is 3. The molecule has 0 atom stereocenters. The minimum absolute atomic E-state index is 0.172. The third-order valence-electron chi connectivity index (χ3n) is 4.40. The zero-order valence-corrected chi connectivity index (χ0v) is 15.1. The fourth-order valence-corrected chi connectivity index (χ4v) is 3.81. The highest BCUT2D eigenvalue weighted by atomic mass is 32.2. The first kappa shape index (κ1) is 17.6. The van der Waals surface area contributed by atoms with Gasteiger partial charge in [-0.25, -0.2) is 8.42 Å². The zero-order chi connectivity index (χ0) is 19.6. The normalized spacial score (nSPS) is 12.9. The summed E-state index contributed by atoms with van der Waals surface area (Å²) in [6, 6.07) is 9.47. The Morgan fingerprint density at radius 1 is 1.00 bits per heavy atom. The Bertz CT molecular complexity index is 1280. The van der Waals surface area contributed by atoms with Gasteiger partial charge < -0.3 is 0 Å². The Labute approximate surface area is 152 Å². The van der Waals surface area contributed by atoms with Crippen LogP contribution in [-0.2, 0) is 23.1 Å². The van der Waals surface area contributed by atoms with Gasteiger partial charge in [0.2, 0.25) is 0 Å². The van der Waals surface area contributed by atoms with Crippen LogP contribution in [-0.4, -0.2) is 29.0 Å². The average molecular weight is 393 g/mol. The Morgan fingerprint density at radius 2 is 1.67 bits per heavy atom. The van der Waals surface area contributed by atoms with Crippen molar-refractivity contribution in [3.05, 3.63) is 54.2 Å². The van der Waals surface area contributed by atoms with Crippen molar-refractivity contribution in [3.63, 3.8) is 0 Å². The van der Waals surface area contributed by atoms with Crippen molar-refractivity contribution in [2.45, 2.75) is 11.1 Å². The molecule has 0 saturated carbocycles. The lowest BCUT2D eigenvalue weighted by Crippen LogP contribution is -2.05. The van der Waals surface area contributed by atoms with Gasteiger partial charge in [-0.15, -0.1) is 0 Å². The fraction of sp³-hybridized carbons (Fsp3) is 0.167. The number of hydrogen-bond donors (Lipinski definition) is 0. The highest BCUT2D eigenvalue weighted by Gasteiger charge is 2.30. The van der Waals surface area contributed by atoms with Crippen molar-refractivity contribution in [1.29, 1.82) is 0 Å². The Balaban J connectivity index is 2.01. The minimum Gasteiger partial charge on any atom is -0.292 e. The van der Waals surface area contributed by atoms with Crippen molar-refractivity contribution < 1.29 is 21.6 Å². The maximum atomic E-state index is 12.8. The Hall–Kier alpha value is -2.81. The Morgan fingerprint density at radius 3 is 2.26 bits per heavy atom. The fourth-order valence-electron chi connectivity index (χ4n) is 3.16. The van der Waals surface area contributed by atoms with Gasteiger partial charge in [0.25, 0.3) is 0 Å². The number of benzene rings is 2. The zero-order valence-electron chi connectivity index (χ0n) is 14.3. The van der Waals surface area contributed by atoms with Gasteiger partial charge in [-0.05, 0) is 42.5 Å². The van der Waals surface area contributed by atoms with E-state index in [0.717, 1.165) is 23.8 Å². The molecule has 4 rings (SSSR count). The first-order valence-corrected chi connectivity index (χ1v) is 9.80. The molecule has 2 heterocycles. The molecule has 0 N–H and O–H groups in total. The van der Waals surface area contributed by atoms with Crippen LogP contribution in [0.15, 0.2) is 53.6 Å². The summed E-state index contributed by atoms with van der Waals surface area (Å²) in [6.45, 7) is 0. The lowest BCUT2D eigenvalue weighted by atomic mass is 10.2. The SMILES string of the molecule is Cn1cc2c3cc(S(C)(=O)=O)ccc3n(-c3ccc(C(F)(F)F)cc3)c2n1. The van der Waals surface area contributed by atoms with Crippen molar-refractivity contribution in [1.82, 2.24) is 14.3 Å². The van der Waals surface area contributed by atoms with E-state index in [4.69, 9.17) is 0 Å². The quantitative estimate of drug-likeness (QED) is 0.518. The maximum absolute atomic E-state index is 12.8. The van der Waals surface area contributed by atoms with E-state index in [1.165, 1.54) is 18.2 Å². The van der Waals surface area contributed by atoms with Gasteiger partial charge in [-0.1, -0.05) is 0 Å². The number of alkyl halides is 3. The Kier molecular flexibility index (Phi) is 3.64. The van der Waals surface area contributed by atoms with E-state index in [9.17, 15) is 21.6 Å². The number of nitrogens with zero attached hydrogens (tertiary/aromatic N) is 3. The molecule has 0 fully saturated rings. The topological polar surface area (TPSA) is 56.9 Å². The standard InChI is InChI=1S/C18H14F3N3O2S/c1-23-10-15-14-9-13(27(2,25)26)7-8-16(14)24(17(15)22-23)12-5-3-11(4-6-12)18(19,20)21/h3-10H,1-2H3. The average Bonchev–Trinajstić information content (AvgIpc) is 3.07. The number of rotatable bonds is 2. The van der Waals surface area contributed by atoms with Gasteiger partial charge in [0, 0.05) is 36.0 Å². The van der Waals surface area contributed by atoms with E-state index in [0.29, 0.717) is 22.2 Å². The first-order valence-electron chi connectivity index (χ1n) is 7.91. The largest absolute Gasteiger partial charge is 0.416 e. The van der Waals surface area contributed by atoms with Crippen molar-refractivity contribution in [3.8, 4) is 5.69 Å². The predicted octanol–water partition coefficient (Wildman–Crippen LogP) is 3.94. The van der Waals surface area contributed by atoms with Crippen LogP contribution in [0.4, 0.5) is 13.2 Å². The van der Waals surface area contributed by atoms with E-state index in [1.54, 1.807) is 34.6 Å². The van der Waals surface area contributed by atoms with E-state index in [2.05, 4.69) is 5.10 Å². The van der Waals surface area contributed by atoms with Crippen LogP contribution in [0.3, 0.4) is 0 Å². The van der Waals surface area contributed by atoms with Gasteiger partial charge in [0.05, 0.1) is 16.0 Å². The molecule has 5 nitrogen and oxygen atoms in total. The van der Waals surface area contributed by atoms with Gasteiger partial charge in [-0.3, -0.25) is 9.25 Å². The molecule has 0 saturated heterocycles. The van der Waals surface area contributed by atoms with E-state index in [1.807, 2.05) is 0 Å². The molecular formula is C18H14F3N3O2S. The number of fused-ring (bicyclic) bond motifs is 3. The molecule has 140 valence electrons. The molecule has 2 aromatic heterocycles. The van der Waals surface area contributed by atoms with E-state index >= 15 is 0 Å². The molecule has 0 radical (unpaired) electrons. The van der Waals surface area contributed by atoms with Crippen LogP contribution >= 0.6 is 0 Å². The van der Waals surface area contributed by atoms with Crippen LogP contribution in [0.2, 0.25) is 0 Å². The van der Waals surface area contributed by atoms with Crippen molar-refractivity contribution >= 4 is 31.8 Å². The summed E-state index contributed by atoms with van der Waals surface area (Å²) in [5.74, 6) is 0. The molecule has 2 aromatic carbocycles. The summed E-state index contributed by atoms with van der Waals surface area (Å²) in [4.78, 5) is 0.172. The predicted molar refractivity (Wildman–Crippen MR) is 95.7 cm³/mol. The molecule has 0 aliphatic carbocycles. The van der Waals surface area contributed by atoms with Crippen LogP contribution < -0.4 is 0 Å². The third-order valence-corrected chi connectivity index (χ3v) is 5.51. The molecule has 4 aromatic rings. The molecule has 0 aliphatic heterocycles. The lowest BCUT2D eigenvalue weighted by molar-refractivity contribution is -0.137.